The van der Waals surface area contributed by atoms with Crippen LogP contribution in [0.3, 0.4) is 0 Å². The third-order valence-electron chi connectivity index (χ3n) is 4.84. The van der Waals surface area contributed by atoms with Crippen LogP contribution < -0.4 is 5.73 Å². The van der Waals surface area contributed by atoms with E-state index >= 15 is 0 Å². The maximum atomic E-state index is 12.8. The van der Waals surface area contributed by atoms with Gasteiger partial charge in [0, 0.05) is 12.6 Å². The first-order chi connectivity index (χ1) is 9.59. The molecule has 1 amide bonds. The Hall–Kier alpha value is -1.35. The van der Waals surface area contributed by atoms with Gasteiger partial charge in [0.25, 0.3) is 0 Å². The number of carbonyl (C=O) groups is 1. The number of hydrogen-bond acceptors (Lipinski definition) is 2. The zero-order valence-corrected chi connectivity index (χ0v) is 12.2. The summed E-state index contributed by atoms with van der Waals surface area (Å²) in [6.07, 6.45) is 5.37. The minimum absolute atomic E-state index is 0.165. The summed E-state index contributed by atoms with van der Waals surface area (Å²) in [5.74, 6) is 0.561. The summed E-state index contributed by atoms with van der Waals surface area (Å²) in [5.41, 5.74) is 6.96. The lowest BCUT2D eigenvalue weighted by Gasteiger charge is -2.33. The molecule has 20 heavy (non-hydrogen) atoms. The van der Waals surface area contributed by atoms with Crippen LogP contribution in [0, 0.1) is 5.92 Å². The molecule has 1 aliphatic carbocycles. The van der Waals surface area contributed by atoms with Gasteiger partial charge in [-0.25, -0.2) is 0 Å². The molecular weight excluding hydrogens is 248 g/mol. The highest BCUT2D eigenvalue weighted by Gasteiger charge is 2.47. The number of nitrogens with two attached hydrogens (primary N) is 1. The summed E-state index contributed by atoms with van der Waals surface area (Å²) in [7, 11) is 0. The van der Waals surface area contributed by atoms with Gasteiger partial charge in [-0.15, -0.1) is 0 Å². The van der Waals surface area contributed by atoms with E-state index in [0.29, 0.717) is 12.0 Å². The van der Waals surface area contributed by atoms with E-state index in [0.717, 1.165) is 38.6 Å². The van der Waals surface area contributed by atoms with Crippen LogP contribution in [0.5, 0.6) is 0 Å². The van der Waals surface area contributed by atoms with E-state index in [1.807, 2.05) is 17.9 Å². The Labute approximate surface area is 121 Å². The van der Waals surface area contributed by atoms with Gasteiger partial charge in [0.15, 0.2) is 0 Å². The average Bonchev–Trinajstić information content (AvgIpc) is 3.21. The largest absolute Gasteiger partial charge is 0.338 e. The summed E-state index contributed by atoms with van der Waals surface area (Å²) in [6.45, 7) is 2.79. The van der Waals surface area contributed by atoms with Crippen molar-refractivity contribution in [2.75, 3.05) is 6.54 Å². The normalized spacial score (nSPS) is 25.5. The van der Waals surface area contributed by atoms with Gasteiger partial charge in [-0.05, 0) is 50.5 Å². The molecular formula is C17H24N2O. The van der Waals surface area contributed by atoms with Gasteiger partial charge in [0.2, 0.25) is 5.91 Å². The van der Waals surface area contributed by atoms with Gasteiger partial charge in [0.1, 0.15) is 0 Å². The minimum atomic E-state index is -0.653. The van der Waals surface area contributed by atoms with Crippen molar-refractivity contribution >= 4 is 5.91 Å². The number of nitrogens with zero attached hydrogens (tertiary/aromatic N) is 1. The predicted octanol–water partition coefficient (Wildman–Crippen LogP) is 2.35. The number of rotatable bonds is 4. The highest BCUT2D eigenvalue weighted by Crippen LogP contribution is 2.40. The molecule has 3 nitrogen and oxygen atoms in total. The van der Waals surface area contributed by atoms with Gasteiger partial charge in [0.05, 0.1) is 5.54 Å². The molecule has 0 aromatic heterocycles. The molecule has 2 fully saturated rings. The van der Waals surface area contributed by atoms with Crippen LogP contribution in [0.1, 0.15) is 38.2 Å². The van der Waals surface area contributed by atoms with Gasteiger partial charge >= 0.3 is 0 Å². The van der Waals surface area contributed by atoms with Crippen LogP contribution in [0.2, 0.25) is 0 Å². The van der Waals surface area contributed by atoms with E-state index in [-0.39, 0.29) is 5.91 Å². The van der Waals surface area contributed by atoms with E-state index in [1.165, 1.54) is 5.56 Å². The highest BCUT2D eigenvalue weighted by molar-refractivity contribution is 5.87. The van der Waals surface area contributed by atoms with Crippen molar-refractivity contribution in [3.8, 4) is 0 Å². The predicted molar refractivity (Wildman–Crippen MR) is 80.2 cm³/mol. The molecule has 3 rings (SSSR count). The van der Waals surface area contributed by atoms with Crippen molar-refractivity contribution in [3.63, 3.8) is 0 Å². The van der Waals surface area contributed by atoms with Crippen molar-refractivity contribution in [3.05, 3.63) is 35.9 Å². The van der Waals surface area contributed by atoms with Crippen LogP contribution in [-0.2, 0) is 11.2 Å². The number of benzene rings is 1. The molecule has 3 heteroatoms. The lowest BCUT2D eigenvalue weighted by atomic mass is 9.94. The molecule has 0 spiro atoms. The molecule has 1 saturated carbocycles. The van der Waals surface area contributed by atoms with Gasteiger partial charge in [-0.3, -0.25) is 4.79 Å². The van der Waals surface area contributed by atoms with Crippen molar-refractivity contribution in [1.82, 2.24) is 4.90 Å². The molecule has 1 heterocycles. The molecule has 1 aromatic rings. The Balaban J connectivity index is 1.70. The van der Waals surface area contributed by atoms with Crippen LogP contribution >= 0.6 is 0 Å². The smallest absolute Gasteiger partial charge is 0.242 e. The zero-order chi connectivity index (χ0) is 14.2. The van der Waals surface area contributed by atoms with Crippen LogP contribution in [-0.4, -0.2) is 28.9 Å². The van der Waals surface area contributed by atoms with Gasteiger partial charge in [-0.2, -0.15) is 0 Å². The minimum Gasteiger partial charge on any atom is -0.338 e. The van der Waals surface area contributed by atoms with Crippen LogP contribution in [0.25, 0.3) is 0 Å². The quantitative estimate of drug-likeness (QED) is 0.914. The summed E-state index contributed by atoms with van der Waals surface area (Å²) in [4.78, 5) is 14.8. The number of likely N-dealkylation sites (tertiary alicyclic amines) is 1. The van der Waals surface area contributed by atoms with Crippen molar-refractivity contribution in [2.24, 2.45) is 11.7 Å². The van der Waals surface area contributed by atoms with Gasteiger partial charge < -0.3 is 10.6 Å². The van der Waals surface area contributed by atoms with Crippen molar-refractivity contribution in [1.29, 1.82) is 0 Å². The van der Waals surface area contributed by atoms with Gasteiger partial charge in [-0.1, -0.05) is 30.3 Å². The second-order valence-electron chi connectivity index (χ2n) is 6.54. The van der Waals surface area contributed by atoms with E-state index in [2.05, 4.69) is 24.3 Å². The van der Waals surface area contributed by atoms with Crippen LogP contribution in [0.15, 0.2) is 30.3 Å². The molecule has 1 aliphatic heterocycles. The number of hydrogen-bond donors (Lipinski definition) is 1. The standard InChI is InChI=1S/C17H24N2O/c1-17(18,14-9-10-14)16(20)19-11-5-8-15(19)12-13-6-3-2-4-7-13/h2-4,6-7,14-15H,5,8-12,18H2,1H3. The first kappa shape index (κ1) is 13.6. The summed E-state index contributed by atoms with van der Waals surface area (Å²) < 4.78 is 0. The average molecular weight is 272 g/mol. The second-order valence-corrected chi connectivity index (χ2v) is 6.54. The fourth-order valence-corrected chi connectivity index (χ4v) is 3.37. The Kier molecular flexibility index (Phi) is 3.55. The Morgan fingerprint density at radius 3 is 2.65 bits per heavy atom. The summed E-state index contributed by atoms with van der Waals surface area (Å²) in [6, 6.07) is 10.8. The summed E-state index contributed by atoms with van der Waals surface area (Å²) in [5, 5.41) is 0. The monoisotopic (exact) mass is 272 g/mol. The summed E-state index contributed by atoms with van der Waals surface area (Å²) >= 11 is 0. The molecule has 2 atom stereocenters. The Morgan fingerprint density at radius 1 is 1.30 bits per heavy atom. The van der Waals surface area contributed by atoms with Crippen molar-refractivity contribution in [2.45, 2.75) is 50.6 Å². The maximum absolute atomic E-state index is 12.8. The zero-order valence-electron chi connectivity index (χ0n) is 12.2. The highest BCUT2D eigenvalue weighted by atomic mass is 16.2. The van der Waals surface area contributed by atoms with Crippen molar-refractivity contribution < 1.29 is 4.79 Å². The Bertz CT molecular complexity index is 479. The first-order valence-corrected chi connectivity index (χ1v) is 7.73. The molecule has 2 aliphatic rings. The SMILES string of the molecule is CC(N)(C(=O)N1CCCC1Cc1ccccc1)C1CC1. The third kappa shape index (κ3) is 2.59. The number of carbonyl (C=O) groups excluding carboxylic acids is 1. The number of amides is 1. The topological polar surface area (TPSA) is 46.3 Å². The fraction of sp³-hybridized carbons (Fsp3) is 0.588. The molecule has 1 saturated heterocycles. The molecule has 1 aromatic carbocycles. The van der Waals surface area contributed by atoms with E-state index in [4.69, 9.17) is 5.73 Å². The maximum Gasteiger partial charge on any atom is 0.242 e. The lowest BCUT2D eigenvalue weighted by molar-refractivity contribution is -0.138. The van der Waals surface area contributed by atoms with Crippen LogP contribution in [0.4, 0.5) is 0 Å². The van der Waals surface area contributed by atoms with E-state index in [9.17, 15) is 4.79 Å². The molecule has 0 bridgehead atoms. The lowest BCUT2D eigenvalue weighted by Crippen LogP contribution is -2.56. The van der Waals surface area contributed by atoms with E-state index < -0.39 is 5.54 Å². The fourth-order valence-electron chi connectivity index (χ4n) is 3.37. The molecule has 108 valence electrons. The first-order valence-electron chi connectivity index (χ1n) is 7.73. The molecule has 2 unspecified atom stereocenters. The molecule has 0 radical (unpaired) electrons. The van der Waals surface area contributed by atoms with E-state index in [1.54, 1.807) is 0 Å². The third-order valence-corrected chi connectivity index (χ3v) is 4.84. The molecule has 2 N–H and O–H groups in total. The second kappa shape index (κ2) is 5.21. The Morgan fingerprint density at radius 2 is 2.00 bits per heavy atom.